The van der Waals surface area contributed by atoms with Crippen LogP contribution in [0.15, 0.2) is 121 Å². The van der Waals surface area contributed by atoms with E-state index in [0.717, 1.165) is 74.7 Å². The van der Waals surface area contributed by atoms with Gasteiger partial charge in [-0.1, -0.05) is 79.7 Å². The average molecular weight is 629 g/mol. The maximum absolute atomic E-state index is 10.2. The van der Waals surface area contributed by atoms with Gasteiger partial charge in [-0.2, -0.15) is 10.5 Å². The predicted molar refractivity (Wildman–Crippen MR) is 200 cm³/mol. The molecule has 0 aliphatic heterocycles. The van der Waals surface area contributed by atoms with Gasteiger partial charge in [0.1, 0.15) is 6.07 Å². The largest absolute Gasteiger partial charge is 0.310 e. The van der Waals surface area contributed by atoms with Gasteiger partial charge in [0, 0.05) is 33.4 Å². The molecule has 2 aliphatic carbocycles. The Kier molecular flexibility index (Phi) is 6.71. The Hall–Kier alpha value is -6.36. The summed E-state index contributed by atoms with van der Waals surface area (Å²) in [4.78, 5) is 0. The lowest BCUT2D eigenvalue weighted by Gasteiger charge is -2.18. The SMILES string of the molecule is CC1CC=Cc2c1c1c(n2-c2ccc(-c3cc(C#N)cc(-c4ccccc4-n4c5ccccc5c5cccc(C#N)c54)c3)cc2)C=CCC1. The van der Waals surface area contributed by atoms with Crippen molar-refractivity contribution in [3.8, 4) is 45.8 Å². The fourth-order valence-electron chi connectivity index (χ4n) is 8.12. The molecule has 0 radical (unpaired) electrons. The number of allylic oxidation sites excluding steroid dienone is 2. The predicted octanol–water partition coefficient (Wildman–Crippen LogP) is 11.1. The van der Waals surface area contributed by atoms with Crippen LogP contribution >= 0.6 is 0 Å². The van der Waals surface area contributed by atoms with Crippen LogP contribution in [0.2, 0.25) is 0 Å². The summed E-state index contributed by atoms with van der Waals surface area (Å²) in [6, 6.07) is 42.2. The first-order valence-corrected chi connectivity index (χ1v) is 16.9. The number of nitriles is 2. The van der Waals surface area contributed by atoms with E-state index >= 15 is 0 Å². The first kappa shape index (κ1) is 28.8. The summed E-state index contributed by atoms with van der Waals surface area (Å²) in [6.45, 7) is 2.34. The second-order valence-corrected chi connectivity index (χ2v) is 13.1. The smallest absolute Gasteiger partial charge is 0.101 e. The molecule has 0 saturated heterocycles. The lowest BCUT2D eigenvalue weighted by Crippen LogP contribution is -2.04. The Balaban J connectivity index is 1.18. The Morgan fingerprint density at radius 3 is 2.31 bits per heavy atom. The Bertz CT molecular complexity index is 2610. The van der Waals surface area contributed by atoms with E-state index in [1.165, 1.54) is 22.5 Å². The third kappa shape index (κ3) is 4.50. The molecule has 4 heteroatoms. The van der Waals surface area contributed by atoms with Crippen LogP contribution in [0.3, 0.4) is 0 Å². The summed E-state index contributed by atoms with van der Waals surface area (Å²) in [5.41, 5.74) is 14.8. The third-order valence-electron chi connectivity index (χ3n) is 10.3. The molecule has 0 saturated carbocycles. The molecular weight excluding hydrogens is 597 g/mol. The zero-order chi connectivity index (χ0) is 33.1. The van der Waals surface area contributed by atoms with Crippen molar-refractivity contribution in [2.45, 2.75) is 32.1 Å². The number of hydrogen-bond acceptors (Lipinski definition) is 2. The van der Waals surface area contributed by atoms with Crippen molar-refractivity contribution in [1.29, 1.82) is 10.5 Å². The molecule has 2 aromatic heterocycles. The molecule has 0 amide bonds. The standard InChI is InChI=1S/C45H32N4/c1-29-10-8-19-43-44(29)39-14-4-7-18-42(39)48(43)35-22-20-31(21-23-35)33-24-30(27-46)25-34(26-33)36-12-2-5-16-40(36)49-41-17-6-3-13-37(41)38-15-9-11-32(28-47)45(38)49/h2-3,5-9,11-13,15-26,29H,4,10,14H2,1H3. The van der Waals surface area contributed by atoms with E-state index in [0.29, 0.717) is 17.0 Å². The maximum atomic E-state index is 10.2. The number of aromatic nitrogens is 2. The number of para-hydroxylation sites is 3. The van der Waals surface area contributed by atoms with Crippen molar-refractivity contribution in [3.63, 3.8) is 0 Å². The summed E-state index contributed by atoms with van der Waals surface area (Å²) in [5, 5.41) is 22.5. The highest BCUT2D eigenvalue weighted by Gasteiger charge is 2.27. The van der Waals surface area contributed by atoms with Crippen molar-refractivity contribution in [1.82, 2.24) is 9.13 Å². The van der Waals surface area contributed by atoms with Crippen LogP contribution in [0, 0.1) is 22.7 Å². The minimum absolute atomic E-state index is 0.518. The van der Waals surface area contributed by atoms with E-state index in [2.05, 4.69) is 113 Å². The van der Waals surface area contributed by atoms with E-state index in [1.807, 2.05) is 48.5 Å². The fourth-order valence-corrected chi connectivity index (χ4v) is 8.12. The number of hydrogen-bond donors (Lipinski definition) is 0. The van der Waals surface area contributed by atoms with Gasteiger partial charge in [-0.3, -0.25) is 0 Å². The topological polar surface area (TPSA) is 57.4 Å². The van der Waals surface area contributed by atoms with Gasteiger partial charge in [-0.05, 0) is 114 Å². The van der Waals surface area contributed by atoms with Gasteiger partial charge >= 0.3 is 0 Å². The fraction of sp³-hybridized carbons (Fsp3) is 0.111. The normalized spacial score (nSPS) is 14.8. The van der Waals surface area contributed by atoms with Gasteiger partial charge in [-0.15, -0.1) is 0 Å². The Morgan fingerprint density at radius 1 is 0.673 bits per heavy atom. The van der Waals surface area contributed by atoms with Crippen molar-refractivity contribution in [2.24, 2.45) is 0 Å². The molecule has 4 nitrogen and oxygen atoms in total. The Morgan fingerprint density at radius 2 is 1.45 bits per heavy atom. The number of rotatable bonds is 4. The van der Waals surface area contributed by atoms with Gasteiger partial charge in [0.2, 0.25) is 0 Å². The van der Waals surface area contributed by atoms with Crippen LogP contribution in [0.1, 0.15) is 59.3 Å². The van der Waals surface area contributed by atoms with Gasteiger partial charge < -0.3 is 9.13 Å². The zero-order valence-corrected chi connectivity index (χ0v) is 27.2. The monoisotopic (exact) mass is 628 g/mol. The molecular formula is C45H32N4. The van der Waals surface area contributed by atoms with Crippen LogP contribution in [0.5, 0.6) is 0 Å². The van der Waals surface area contributed by atoms with Crippen molar-refractivity contribution in [3.05, 3.63) is 155 Å². The highest BCUT2D eigenvalue weighted by Crippen LogP contribution is 2.42. The first-order valence-electron chi connectivity index (χ1n) is 16.9. The lowest BCUT2D eigenvalue weighted by molar-refractivity contribution is 0.755. The van der Waals surface area contributed by atoms with Crippen LogP contribution < -0.4 is 0 Å². The van der Waals surface area contributed by atoms with E-state index in [-0.39, 0.29) is 0 Å². The van der Waals surface area contributed by atoms with Crippen LogP contribution in [-0.2, 0) is 6.42 Å². The zero-order valence-electron chi connectivity index (χ0n) is 27.2. The van der Waals surface area contributed by atoms with E-state index in [9.17, 15) is 10.5 Å². The summed E-state index contributed by atoms with van der Waals surface area (Å²) in [6.07, 6.45) is 12.5. The van der Waals surface area contributed by atoms with E-state index in [1.54, 1.807) is 0 Å². The number of fused-ring (bicyclic) bond motifs is 6. The molecule has 2 aliphatic rings. The summed E-state index contributed by atoms with van der Waals surface area (Å²) >= 11 is 0. The number of nitrogens with zero attached hydrogens (tertiary/aromatic N) is 4. The molecule has 0 bridgehead atoms. The van der Waals surface area contributed by atoms with E-state index < -0.39 is 0 Å². The molecule has 1 atom stereocenters. The highest BCUT2D eigenvalue weighted by molar-refractivity contribution is 6.11. The van der Waals surface area contributed by atoms with Gasteiger partial charge in [-0.25, -0.2) is 0 Å². The Labute approximate surface area is 285 Å². The highest BCUT2D eigenvalue weighted by atomic mass is 15.0. The summed E-state index contributed by atoms with van der Waals surface area (Å²) < 4.78 is 4.62. The lowest BCUT2D eigenvalue weighted by atomic mass is 9.87. The summed E-state index contributed by atoms with van der Waals surface area (Å²) in [7, 11) is 0. The van der Waals surface area contributed by atoms with Gasteiger partial charge in [0.15, 0.2) is 0 Å². The second-order valence-electron chi connectivity index (χ2n) is 13.1. The minimum atomic E-state index is 0.518. The van der Waals surface area contributed by atoms with Crippen molar-refractivity contribution < 1.29 is 0 Å². The molecule has 9 rings (SSSR count). The van der Waals surface area contributed by atoms with Crippen molar-refractivity contribution in [2.75, 3.05) is 0 Å². The van der Waals surface area contributed by atoms with E-state index in [4.69, 9.17) is 0 Å². The molecule has 2 heterocycles. The first-order chi connectivity index (χ1) is 24.1. The molecule has 0 N–H and O–H groups in total. The quantitative estimate of drug-likeness (QED) is 0.195. The molecule has 232 valence electrons. The average Bonchev–Trinajstić information content (AvgIpc) is 3.68. The van der Waals surface area contributed by atoms with Gasteiger partial charge in [0.25, 0.3) is 0 Å². The molecule has 7 aromatic rings. The van der Waals surface area contributed by atoms with Crippen LogP contribution in [0.4, 0.5) is 0 Å². The van der Waals surface area contributed by atoms with Crippen LogP contribution in [0.25, 0.3) is 67.6 Å². The maximum Gasteiger partial charge on any atom is 0.101 e. The second kappa shape index (κ2) is 11.4. The molecule has 0 fully saturated rings. The molecule has 1 unspecified atom stereocenters. The molecule has 49 heavy (non-hydrogen) atoms. The summed E-state index contributed by atoms with van der Waals surface area (Å²) in [5.74, 6) is 0.518. The minimum Gasteiger partial charge on any atom is -0.310 e. The molecule has 5 aromatic carbocycles. The third-order valence-corrected chi connectivity index (χ3v) is 10.3. The van der Waals surface area contributed by atoms with Crippen LogP contribution in [-0.4, -0.2) is 9.13 Å². The van der Waals surface area contributed by atoms with Gasteiger partial charge in [0.05, 0.1) is 33.9 Å². The molecule has 0 spiro atoms. The van der Waals surface area contributed by atoms with Crippen molar-refractivity contribution >= 4 is 34.0 Å². The number of benzene rings is 5.